The summed E-state index contributed by atoms with van der Waals surface area (Å²) >= 11 is 6.42. The van der Waals surface area contributed by atoms with Gasteiger partial charge in [0.15, 0.2) is 0 Å². The van der Waals surface area contributed by atoms with Gasteiger partial charge in [0.25, 0.3) is 0 Å². The van der Waals surface area contributed by atoms with Crippen molar-refractivity contribution in [3.63, 3.8) is 0 Å². The Kier molecular flexibility index (Phi) is 6.78. The topological polar surface area (TPSA) is 108 Å². The van der Waals surface area contributed by atoms with Crippen LogP contribution in [0.3, 0.4) is 0 Å². The van der Waals surface area contributed by atoms with Crippen LogP contribution in [0.5, 0.6) is 0 Å². The fourth-order valence-corrected chi connectivity index (χ4v) is 7.03. The van der Waals surface area contributed by atoms with Gasteiger partial charge < -0.3 is 25.4 Å². The van der Waals surface area contributed by atoms with Crippen LogP contribution in [-0.4, -0.2) is 57.6 Å². The minimum absolute atomic E-state index is 0.138. The van der Waals surface area contributed by atoms with E-state index in [4.69, 9.17) is 16.3 Å². The standard InChI is InChI=1S/C29H34ClN3O5/c1-16(2)20(15-34)33-24(26(36)32-23-17(3)9-8-12-19(23)30)29-14-13-28(4,38-29)21(22(29)27(33)37)25(35)31-18-10-6-5-7-11-18/h5-12,16,20-22,24,34H,13-15H2,1-4H3,(H,31,35)(H,32,36)/t20-,21-,22-,24?,28+,29?/m0/s1. The Morgan fingerprint density at radius 3 is 2.45 bits per heavy atom. The molecule has 0 saturated carbocycles. The van der Waals surface area contributed by atoms with Gasteiger partial charge in [-0.2, -0.15) is 0 Å². The van der Waals surface area contributed by atoms with E-state index in [0.717, 1.165) is 5.56 Å². The van der Waals surface area contributed by atoms with Crippen LogP contribution in [0.25, 0.3) is 0 Å². The van der Waals surface area contributed by atoms with Crippen molar-refractivity contribution in [1.82, 2.24) is 4.90 Å². The van der Waals surface area contributed by atoms with Gasteiger partial charge in [-0.25, -0.2) is 0 Å². The van der Waals surface area contributed by atoms with E-state index in [1.165, 1.54) is 4.90 Å². The summed E-state index contributed by atoms with van der Waals surface area (Å²) in [5, 5.41) is 16.6. The second-order valence-electron chi connectivity index (χ2n) is 11.2. The second-order valence-corrected chi connectivity index (χ2v) is 11.7. The van der Waals surface area contributed by atoms with Crippen molar-refractivity contribution in [2.24, 2.45) is 17.8 Å². The normalized spacial score (nSPS) is 30.4. The molecule has 2 aromatic rings. The van der Waals surface area contributed by atoms with Gasteiger partial charge in [-0.15, -0.1) is 0 Å². The highest BCUT2D eigenvalue weighted by Gasteiger charge is 2.78. The molecule has 2 bridgehead atoms. The Balaban J connectivity index is 1.57. The Morgan fingerprint density at radius 1 is 1.11 bits per heavy atom. The maximum atomic E-state index is 14.2. The third-order valence-electron chi connectivity index (χ3n) is 8.57. The molecule has 0 aromatic heterocycles. The van der Waals surface area contributed by atoms with Gasteiger partial charge in [0.2, 0.25) is 17.7 Å². The number of benzene rings is 2. The molecule has 202 valence electrons. The van der Waals surface area contributed by atoms with Crippen molar-refractivity contribution in [1.29, 1.82) is 0 Å². The van der Waals surface area contributed by atoms with E-state index in [2.05, 4.69) is 10.6 Å². The van der Waals surface area contributed by atoms with Crippen LogP contribution in [0.4, 0.5) is 11.4 Å². The van der Waals surface area contributed by atoms with Crippen molar-refractivity contribution in [2.75, 3.05) is 17.2 Å². The molecule has 3 amide bonds. The predicted octanol–water partition coefficient (Wildman–Crippen LogP) is 4.01. The zero-order chi connectivity index (χ0) is 27.4. The number of nitrogens with one attached hydrogen (secondary N) is 2. The molecule has 6 atom stereocenters. The zero-order valence-corrected chi connectivity index (χ0v) is 22.8. The molecule has 0 radical (unpaired) electrons. The monoisotopic (exact) mass is 539 g/mol. The third kappa shape index (κ3) is 4.01. The largest absolute Gasteiger partial charge is 0.394 e. The molecular formula is C29H34ClN3O5. The summed E-state index contributed by atoms with van der Waals surface area (Å²) in [5.74, 6) is -2.89. The highest BCUT2D eigenvalue weighted by Crippen LogP contribution is 2.63. The summed E-state index contributed by atoms with van der Waals surface area (Å²) in [5.41, 5.74) is -0.238. The average Bonchev–Trinajstić information content (AvgIpc) is 3.43. The lowest BCUT2D eigenvalue weighted by Gasteiger charge is -2.38. The Labute approximate surface area is 227 Å². The first-order valence-electron chi connectivity index (χ1n) is 13.1. The molecule has 3 N–H and O–H groups in total. The van der Waals surface area contributed by atoms with Crippen LogP contribution in [0.15, 0.2) is 48.5 Å². The number of likely N-dealkylation sites (tertiary alicyclic amines) is 1. The minimum atomic E-state index is -1.20. The number of nitrogens with zero attached hydrogens (tertiary/aromatic N) is 1. The number of hydrogen-bond donors (Lipinski definition) is 3. The van der Waals surface area contributed by atoms with Crippen LogP contribution >= 0.6 is 11.6 Å². The molecule has 3 fully saturated rings. The van der Waals surface area contributed by atoms with E-state index in [0.29, 0.717) is 29.2 Å². The van der Waals surface area contributed by atoms with E-state index >= 15 is 0 Å². The fraction of sp³-hybridized carbons (Fsp3) is 0.483. The number of fused-ring (bicyclic) bond motifs is 1. The number of ether oxygens (including phenoxy) is 1. The summed E-state index contributed by atoms with van der Waals surface area (Å²) in [6.45, 7) is 7.16. The number of amides is 3. The SMILES string of the molecule is Cc1cccc(Cl)c1NC(=O)C1N([C@@H](CO)C(C)C)C(=O)[C@@H]2[C@@H](C(=O)Nc3ccccc3)[C@@]3(C)CCC12O3. The van der Waals surface area contributed by atoms with Crippen molar-refractivity contribution < 1.29 is 24.2 Å². The molecule has 3 saturated heterocycles. The summed E-state index contributed by atoms with van der Waals surface area (Å²) in [4.78, 5) is 43.5. The molecular weight excluding hydrogens is 506 g/mol. The predicted molar refractivity (Wildman–Crippen MR) is 145 cm³/mol. The van der Waals surface area contributed by atoms with Crippen LogP contribution < -0.4 is 10.6 Å². The number of carbonyl (C=O) groups excluding carboxylic acids is 3. The number of aliphatic hydroxyl groups excluding tert-OH is 1. The number of hydrogen-bond acceptors (Lipinski definition) is 5. The highest BCUT2D eigenvalue weighted by atomic mass is 35.5. The van der Waals surface area contributed by atoms with Gasteiger partial charge in [-0.05, 0) is 56.4 Å². The molecule has 2 aromatic carbocycles. The molecule has 9 heteroatoms. The van der Waals surface area contributed by atoms with E-state index in [-0.39, 0.29) is 24.3 Å². The second kappa shape index (κ2) is 9.67. The van der Waals surface area contributed by atoms with Crippen LogP contribution in [0.2, 0.25) is 5.02 Å². The molecule has 1 spiro atoms. The average molecular weight is 540 g/mol. The van der Waals surface area contributed by atoms with Gasteiger partial charge >= 0.3 is 0 Å². The quantitative estimate of drug-likeness (QED) is 0.493. The lowest BCUT2D eigenvalue weighted by Crippen LogP contribution is -2.57. The summed E-state index contributed by atoms with van der Waals surface area (Å²) < 4.78 is 6.65. The van der Waals surface area contributed by atoms with E-state index in [1.807, 2.05) is 52.0 Å². The number of aryl methyl sites for hydroxylation is 1. The number of halogens is 1. The lowest BCUT2D eigenvalue weighted by molar-refractivity contribution is -0.148. The molecule has 0 aliphatic carbocycles. The lowest BCUT2D eigenvalue weighted by atomic mass is 9.66. The third-order valence-corrected chi connectivity index (χ3v) is 8.89. The van der Waals surface area contributed by atoms with Crippen molar-refractivity contribution in [3.8, 4) is 0 Å². The first-order chi connectivity index (χ1) is 18.0. The Morgan fingerprint density at radius 2 is 1.82 bits per heavy atom. The fourth-order valence-electron chi connectivity index (χ4n) is 6.76. The number of para-hydroxylation sites is 2. The van der Waals surface area contributed by atoms with Crippen LogP contribution in [0, 0.1) is 24.7 Å². The first kappa shape index (κ1) is 26.7. The molecule has 5 rings (SSSR count). The number of carbonyl (C=O) groups is 3. The van der Waals surface area contributed by atoms with Crippen molar-refractivity contribution >= 4 is 40.7 Å². The van der Waals surface area contributed by atoms with E-state index in [9.17, 15) is 19.5 Å². The summed E-state index contributed by atoms with van der Waals surface area (Å²) in [7, 11) is 0. The van der Waals surface area contributed by atoms with Crippen LogP contribution in [0.1, 0.15) is 39.2 Å². The number of rotatable bonds is 7. The van der Waals surface area contributed by atoms with Gasteiger partial charge in [0.1, 0.15) is 11.6 Å². The zero-order valence-electron chi connectivity index (χ0n) is 22.0. The highest BCUT2D eigenvalue weighted by molar-refractivity contribution is 6.34. The van der Waals surface area contributed by atoms with Crippen LogP contribution in [-0.2, 0) is 19.1 Å². The maximum absolute atomic E-state index is 14.2. The Hall–Kier alpha value is -2.94. The van der Waals surface area contributed by atoms with E-state index in [1.54, 1.807) is 24.3 Å². The van der Waals surface area contributed by atoms with Gasteiger partial charge in [-0.3, -0.25) is 14.4 Å². The van der Waals surface area contributed by atoms with E-state index < -0.39 is 41.0 Å². The molecule has 3 aliphatic heterocycles. The molecule has 8 nitrogen and oxygen atoms in total. The smallest absolute Gasteiger partial charge is 0.250 e. The first-order valence-corrected chi connectivity index (χ1v) is 13.5. The van der Waals surface area contributed by atoms with Gasteiger partial charge in [-0.1, -0.05) is 55.8 Å². The number of aliphatic hydroxyl groups is 1. The molecule has 3 aliphatic rings. The van der Waals surface area contributed by atoms with Gasteiger partial charge in [0.05, 0.1) is 40.8 Å². The molecule has 2 unspecified atom stereocenters. The molecule has 38 heavy (non-hydrogen) atoms. The summed E-state index contributed by atoms with van der Waals surface area (Å²) in [6.07, 6.45) is 0.971. The van der Waals surface area contributed by atoms with Crippen molar-refractivity contribution in [3.05, 3.63) is 59.1 Å². The Bertz CT molecular complexity index is 1250. The van der Waals surface area contributed by atoms with Crippen molar-refractivity contribution in [2.45, 2.75) is 63.8 Å². The maximum Gasteiger partial charge on any atom is 0.250 e. The van der Waals surface area contributed by atoms with Gasteiger partial charge in [0, 0.05) is 5.69 Å². The molecule has 3 heterocycles. The minimum Gasteiger partial charge on any atom is -0.394 e. The summed E-state index contributed by atoms with van der Waals surface area (Å²) in [6, 6.07) is 12.7. The number of anilines is 2.